The Morgan fingerprint density at radius 3 is 0.649 bits per heavy atom. The maximum atomic E-state index is 5.21. The molecule has 0 fully saturated rings. The summed E-state index contributed by atoms with van der Waals surface area (Å²) >= 11 is 0. The minimum absolute atomic E-state index is 0.554. The number of pyridine rings is 2. The number of rotatable bonds is 15. The summed E-state index contributed by atoms with van der Waals surface area (Å²) < 4.78 is 11.8. The first-order valence-electron chi connectivity index (χ1n) is 44.1. The van der Waals surface area contributed by atoms with Crippen LogP contribution in [0.15, 0.2) is 443 Å². The molecular formula is C118H73N13. The van der Waals surface area contributed by atoms with Crippen molar-refractivity contribution >= 4 is 109 Å². The average Bonchev–Trinajstić information content (AvgIpc) is 1.58. The quantitative estimate of drug-likeness (QED) is 0.0993. The van der Waals surface area contributed by atoms with Crippen molar-refractivity contribution in [2.75, 3.05) is 0 Å². The summed E-state index contributed by atoms with van der Waals surface area (Å²) in [6, 6.07) is 154. The van der Waals surface area contributed by atoms with Crippen molar-refractivity contribution in [1.82, 2.24) is 62.7 Å². The Kier molecular flexibility index (Phi) is 17.3. The van der Waals surface area contributed by atoms with E-state index in [2.05, 4.69) is 320 Å². The van der Waals surface area contributed by atoms with E-state index in [1.165, 1.54) is 21.7 Å². The van der Waals surface area contributed by atoms with Gasteiger partial charge in [0, 0.05) is 117 Å². The Morgan fingerprint density at radius 1 is 0.130 bits per heavy atom. The Labute approximate surface area is 751 Å². The molecule has 17 aromatic carbocycles. The summed E-state index contributed by atoms with van der Waals surface area (Å²) in [5.41, 5.74) is 28.4. The van der Waals surface area contributed by atoms with Gasteiger partial charge < -0.3 is 13.7 Å². The van der Waals surface area contributed by atoms with Crippen LogP contribution in [0.1, 0.15) is 0 Å². The second kappa shape index (κ2) is 30.4. The molecule has 0 N–H and O–H groups in total. The third-order valence-electron chi connectivity index (χ3n) is 25.9. The van der Waals surface area contributed by atoms with Crippen LogP contribution in [0.4, 0.5) is 0 Å². The Bertz CT molecular complexity index is 8960. The summed E-state index contributed by atoms with van der Waals surface area (Å²) in [5, 5.41) is 11.5. The van der Waals surface area contributed by atoms with E-state index in [1.54, 1.807) is 0 Å². The number of hydrogen-bond donors (Lipinski definition) is 0. The summed E-state index contributed by atoms with van der Waals surface area (Å²) in [4.78, 5) is 40.8. The highest BCUT2D eigenvalue weighted by molar-refractivity contribution is 6.17. The molecule has 0 aliphatic carbocycles. The lowest BCUT2D eigenvalue weighted by molar-refractivity contribution is 1.05. The van der Waals surface area contributed by atoms with Crippen LogP contribution in [-0.4, -0.2) is 62.7 Å². The van der Waals surface area contributed by atoms with Crippen molar-refractivity contribution in [3.8, 4) is 142 Å². The fourth-order valence-electron chi connectivity index (χ4n) is 19.7. The third kappa shape index (κ3) is 12.6. The molecule has 13 nitrogen and oxygen atoms in total. The molecule has 0 saturated heterocycles. The molecule has 0 spiro atoms. The van der Waals surface area contributed by atoms with Crippen LogP contribution in [0, 0.1) is 0 Å². The summed E-state index contributed by atoms with van der Waals surface area (Å²) in [6.45, 7) is 0. The predicted octanol–water partition coefficient (Wildman–Crippen LogP) is 29.0. The lowest BCUT2D eigenvalue weighted by atomic mass is 9.98. The largest absolute Gasteiger partial charge is 0.309 e. The third-order valence-corrected chi connectivity index (χ3v) is 25.9. The fraction of sp³-hybridized carbons (Fsp3) is 0. The van der Waals surface area contributed by atoms with E-state index in [-0.39, 0.29) is 0 Å². The molecule has 0 atom stereocenters. The first-order valence-corrected chi connectivity index (χ1v) is 44.1. The van der Waals surface area contributed by atoms with Gasteiger partial charge in [-0.05, 0) is 202 Å². The maximum Gasteiger partial charge on any atom is 0.164 e. The SMILES string of the molecule is c1ccc(-c2nc(-c3ccccc3)nc(-c3ccnc(-n4c5ccccc5c5cc(-c6ccc7c(c6)c6ccc(-c8ccc9c%10cc(-c%11ccc%12c(c%11)c%11cc(-c%13ccc%14c(c%13)c%13ccccc%13n%14-c%13ccccc%13)ccc%11n%12-c%11cc(-c%12nc(-c%13ccccc%13)nc(-c%13ccccc%13)n%12)ccn%11)ccc%10n(-c%10ccccc%10)c9c8)cc6n7-c6ccccc6)ccc54)c3)n2)cc1. The van der Waals surface area contributed by atoms with Crippen molar-refractivity contribution in [3.05, 3.63) is 443 Å². The fourth-order valence-corrected chi connectivity index (χ4v) is 19.7. The van der Waals surface area contributed by atoms with Gasteiger partial charge in [0.15, 0.2) is 34.9 Å². The lowest BCUT2D eigenvalue weighted by Gasteiger charge is -2.11. The van der Waals surface area contributed by atoms with E-state index in [9.17, 15) is 0 Å². The number of fused-ring (bicyclic) bond motifs is 15. The van der Waals surface area contributed by atoms with Crippen LogP contribution in [0.25, 0.3) is 251 Å². The summed E-state index contributed by atoms with van der Waals surface area (Å²) in [7, 11) is 0. The van der Waals surface area contributed by atoms with Gasteiger partial charge in [-0.3, -0.25) is 9.13 Å². The normalized spacial score (nSPS) is 11.8. The highest BCUT2D eigenvalue weighted by Crippen LogP contribution is 2.46. The Balaban J connectivity index is 0.581. The van der Waals surface area contributed by atoms with Gasteiger partial charge in [-0.1, -0.05) is 273 Å². The number of nitrogens with zero attached hydrogens (tertiary/aromatic N) is 13. The second-order valence-electron chi connectivity index (χ2n) is 33.5. The van der Waals surface area contributed by atoms with E-state index in [0.29, 0.717) is 34.9 Å². The van der Waals surface area contributed by atoms with Crippen LogP contribution in [0.2, 0.25) is 0 Å². The van der Waals surface area contributed by atoms with Gasteiger partial charge in [-0.15, -0.1) is 0 Å². The van der Waals surface area contributed by atoms with Crippen LogP contribution in [0.3, 0.4) is 0 Å². The first kappa shape index (κ1) is 74.5. The standard InChI is InChI=1S/C118H73N13/c1-8-26-74(27-9-1)113-121-114(75-28-10-2-11-29-75)124-117(123-113)86-60-62-119-111(72-86)130-102-43-25-23-41-92(102)96-65-81(49-57-106(96)130)79-47-55-104-97(66-79)93-52-44-84(70-109(93)128(104)89-36-18-6-19-37-89)85-45-53-94-98-67-80(48-56-105(98)129(110(94)71-85)90-38-20-7-21-39-90)83-51-59-108-100(69-83)99-68-82(78-46-54-103-95(64-78)91-40-22-24-42-101(91)127(103)88-34-16-5-17-35-88)50-58-107(99)131(108)112-73-87(61-63-120-112)118-125-115(76-30-12-3-13-31-76)122-116(126-118)77-32-14-4-15-33-77/h1-73H. The first-order chi connectivity index (χ1) is 64.9. The average molecular weight is 1670 g/mol. The van der Waals surface area contributed by atoms with Crippen molar-refractivity contribution < 1.29 is 0 Å². The Morgan fingerprint density at radius 2 is 0.344 bits per heavy atom. The van der Waals surface area contributed by atoms with Gasteiger partial charge >= 0.3 is 0 Å². The minimum Gasteiger partial charge on any atom is -0.309 e. The molecule has 26 aromatic rings. The van der Waals surface area contributed by atoms with Crippen LogP contribution < -0.4 is 0 Å². The van der Waals surface area contributed by atoms with E-state index >= 15 is 0 Å². The van der Waals surface area contributed by atoms with Gasteiger partial charge in [-0.25, -0.2) is 39.9 Å². The zero-order chi connectivity index (χ0) is 86.1. The number of benzene rings is 17. The van der Waals surface area contributed by atoms with E-state index in [1.807, 2.05) is 146 Å². The molecule has 13 heteroatoms. The van der Waals surface area contributed by atoms with E-state index in [0.717, 1.165) is 194 Å². The predicted molar refractivity (Wildman–Crippen MR) is 535 cm³/mol. The lowest BCUT2D eigenvalue weighted by Crippen LogP contribution is -2.02. The molecule has 9 heterocycles. The highest BCUT2D eigenvalue weighted by Gasteiger charge is 2.25. The molecule has 0 aliphatic heterocycles. The molecule has 0 aliphatic rings. The van der Waals surface area contributed by atoms with Crippen LogP contribution in [0.5, 0.6) is 0 Å². The van der Waals surface area contributed by atoms with Crippen molar-refractivity contribution in [1.29, 1.82) is 0 Å². The monoisotopic (exact) mass is 1670 g/mol. The summed E-state index contributed by atoms with van der Waals surface area (Å²) in [5.74, 6) is 5.02. The maximum absolute atomic E-state index is 5.21. The topological polar surface area (TPSA) is 128 Å². The van der Waals surface area contributed by atoms with Gasteiger partial charge in [0.1, 0.15) is 11.6 Å². The second-order valence-corrected chi connectivity index (χ2v) is 33.5. The molecule has 26 rings (SSSR count). The van der Waals surface area contributed by atoms with E-state index < -0.39 is 0 Å². The summed E-state index contributed by atoms with van der Waals surface area (Å²) in [6.07, 6.45) is 3.72. The molecule has 0 unspecified atom stereocenters. The minimum atomic E-state index is 0.554. The van der Waals surface area contributed by atoms with Gasteiger partial charge in [0.25, 0.3) is 0 Å². The van der Waals surface area contributed by atoms with Crippen LogP contribution >= 0.6 is 0 Å². The highest BCUT2D eigenvalue weighted by atomic mass is 15.1. The molecule has 0 saturated carbocycles. The van der Waals surface area contributed by atoms with E-state index in [4.69, 9.17) is 39.9 Å². The van der Waals surface area contributed by atoms with Crippen LogP contribution in [-0.2, 0) is 0 Å². The molecule has 0 bridgehead atoms. The van der Waals surface area contributed by atoms with Crippen molar-refractivity contribution in [2.24, 2.45) is 0 Å². The molecular weight excluding hydrogens is 1600 g/mol. The molecule has 610 valence electrons. The smallest absolute Gasteiger partial charge is 0.164 e. The zero-order valence-electron chi connectivity index (χ0n) is 70.5. The number of aromatic nitrogens is 13. The zero-order valence-corrected chi connectivity index (χ0v) is 70.5. The van der Waals surface area contributed by atoms with Gasteiger partial charge in [0.05, 0.1) is 55.2 Å². The molecule has 131 heavy (non-hydrogen) atoms. The molecule has 0 radical (unpaired) electrons. The number of para-hydroxylation sites is 5. The van der Waals surface area contributed by atoms with Crippen molar-refractivity contribution in [2.45, 2.75) is 0 Å². The Hall–Kier alpha value is -17.9. The van der Waals surface area contributed by atoms with Gasteiger partial charge in [-0.2, -0.15) is 0 Å². The molecule has 9 aromatic heterocycles. The molecule has 0 amide bonds. The number of hydrogen-bond acceptors (Lipinski definition) is 8. The van der Waals surface area contributed by atoms with Gasteiger partial charge in [0.2, 0.25) is 0 Å². The van der Waals surface area contributed by atoms with Crippen molar-refractivity contribution in [3.63, 3.8) is 0 Å².